The fourth-order valence-corrected chi connectivity index (χ4v) is 4.72. The summed E-state index contributed by atoms with van der Waals surface area (Å²) in [5.41, 5.74) is 0.945. The van der Waals surface area contributed by atoms with Gasteiger partial charge in [-0.1, -0.05) is 52.0 Å². The molecule has 1 aliphatic heterocycles. The van der Waals surface area contributed by atoms with Gasteiger partial charge < -0.3 is 10.1 Å². The van der Waals surface area contributed by atoms with Crippen LogP contribution >= 0.6 is 39.1 Å². The highest BCUT2D eigenvalue weighted by atomic mass is 79.9. The molecule has 0 bridgehead atoms. The minimum atomic E-state index is 0.101. The summed E-state index contributed by atoms with van der Waals surface area (Å²) >= 11 is 16.0. The van der Waals surface area contributed by atoms with Crippen LogP contribution in [0.5, 0.6) is 0 Å². The summed E-state index contributed by atoms with van der Waals surface area (Å²) in [6.07, 6.45) is 7.00. The Morgan fingerprint density at radius 2 is 1.85 bits per heavy atom. The summed E-state index contributed by atoms with van der Waals surface area (Å²) in [7, 11) is 0. The number of benzene rings is 1. The van der Waals surface area contributed by atoms with E-state index in [0.29, 0.717) is 16.1 Å². The van der Waals surface area contributed by atoms with Crippen LogP contribution in [-0.4, -0.2) is 18.2 Å². The topological polar surface area (TPSA) is 21.3 Å². The third-order valence-electron chi connectivity index (χ3n) is 4.36. The smallest absolute Gasteiger partial charge is 0.0721 e. The molecule has 1 spiro atoms. The second kappa shape index (κ2) is 6.04. The molecule has 5 heteroatoms. The summed E-state index contributed by atoms with van der Waals surface area (Å²) in [6, 6.07) is 4.14. The van der Waals surface area contributed by atoms with Crippen molar-refractivity contribution in [3.05, 3.63) is 26.7 Å². The van der Waals surface area contributed by atoms with Gasteiger partial charge in [-0.2, -0.15) is 0 Å². The first-order valence-electron chi connectivity index (χ1n) is 7.13. The molecule has 0 aromatic heterocycles. The van der Waals surface area contributed by atoms with Gasteiger partial charge in [0.05, 0.1) is 21.3 Å². The highest BCUT2D eigenvalue weighted by Crippen LogP contribution is 2.42. The van der Waals surface area contributed by atoms with Crippen molar-refractivity contribution in [2.24, 2.45) is 0 Å². The average Bonchev–Trinajstić information content (AvgIpc) is 2.82. The summed E-state index contributed by atoms with van der Waals surface area (Å²) < 4.78 is 6.96. The monoisotopic (exact) mass is 377 g/mol. The molecule has 1 saturated carbocycles. The molecule has 2 fully saturated rings. The van der Waals surface area contributed by atoms with Crippen molar-refractivity contribution in [1.82, 2.24) is 0 Å². The third-order valence-corrected chi connectivity index (χ3v) is 5.42. The van der Waals surface area contributed by atoms with Gasteiger partial charge in [0.1, 0.15) is 0 Å². The molecule has 1 aliphatic carbocycles. The van der Waals surface area contributed by atoms with E-state index in [9.17, 15) is 0 Å². The Morgan fingerprint density at radius 1 is 1.20 bits per heavy atom. The van der Waals surface area contributed by atoms with Gasteiger partial charge in [-0.25, -0.2) is 0 Å². The third kappa shape index (κ3) is 3.11. The summed E-state index contributed by atoms with van der Waals surface area (Å²) in [5.74, 6) is 0. The van der Waals surface area contributed by atoms with Crippen molar-refractivity contribution in [1.29, 1.82) is 0 Å². The largest absolute Gasteiger partial charge is 0.380 e. The molecule has 20 heavy (non-hydrogen) atoms. The fraction of sp³-hybridized carbons (Fsp3) is 0.600. The Balaban J connectivity index is 1.74. The second-order valence-electron chi connectivity index (χ2n) is 5.82. The van der Waals surface area contributed by atoms with Gasteiger partial charge in [0, 0.05) is 17.1 Å². The van der Waals surface area contributed by atoms with Crippen molar-refractivity contribution in [3.63, 3.8) is 0 Å². The van der Waals surface area contributed by atoms with Gasteiger partial charge in [0.25, 0.3) is 0 Å². The maximum atomic E-state index is 6.30. The zero-order valence-electron chi connectivity index (χ0n) is 11.2. The van der Waals surface area contributed by atoms with E-state index in [-0.39, 0.29) is 5.60 Å². The minimum Gasteiger partial charge on any atom is -0.380 e. The van der Waals surface area contributed by atoms with Crippen LogP contribution in [0.1, 0.15) is 38.5 Å². The van der Waals surface area contributed by atoms with Crippen LogP contribution in [0.3, 0.4) is 0 Å². The number of hydrogen-bond donors (Lipinski definition) is 1. The lowest BCUT2D eigenvalue weighted by molar-refractivity contribution is -0.0767. The lowest BCUT2D eigenvalue weighted by Crippen LogP contribution is -2.42. The Hall–Kier alpha value is 0.0400. The first-order chi connectivity index (χ1) is 9.58. The molecule has 1 unspecified atom stereocenters. The first-order valence-corrected chi connectivity index (χ1v) is 8.68. The van der Waals surface area contributed by atoms with E-state index in [4.69, 9.17) is 27.9 Å². The van der Waals surface area contributed by atoms with Crippen LogP contribution in [-0.2, 0) is 4.74 Å². The van der Waals surface area contributed by atoms with E-state index in [1.165, 1.54) is 25.7 Å². The van der Waals surface area contributed by atoms with Gasteiger partial charge in [0.15, 0.2) is 0 Å². The molecule has 1 saturated heterocycles. The Kier molecular flexibility index (Phi) is 4.51. The predicted octanol–water partition coefficient (Wildman–Crippen LogP) is 5.66. The summed E-state index contributed by atoms with van der Waals surface area (Å²) in [6.45, 7) is 0.823. The van der Waals surface area contributed by atoms with E-state index in [0.717, 1.165) is 29.6 Å². The van der Waals surface area contributed by atoms with Crippen molar-refractivity contribution < 1.29 is 4.74 Å². The van der Waals surface area contributed by atoms with Crippen molar-refractivity contribution in [3.8, 4) is 0 Å². The van der Waals surface area contributed by atoms with Gasteiger partial charge in [0.2, 0.25) is 0 Å². The molecule has 0 amide bonds. The number of nitrogens with one attached hydrogen (secondary N) is 1. The van der Waals surface area contributed by atoms with E-state index < -0.39 is 0 Å². The zero-order chi connectivity index (χ0) is 14.2. The van der Waals surface area contributed by atoms with E-state index in [1.54, 1.807) is 0 Å². The fourth-order valence-electron chi connectivity index (χ4n) is 3.40. The normalized spacial score (nSPS) is 25.1. The molecule has 0 radical (unpaired) electrons. The number of anilines is 1. The highest BCUT2D eigenvalue weighted by Gasteiger charge is 2.40. The molecule has 1 aromatic rings. The van der Waals surface area contributed by atoms with Crippen molar-refractivity contribution >= 4 is 44.8 Å². The highest BCUT2D eigenvalue weighted by molar-refractivity contribution is 9.10. The first kappa shape index (κ1) is 15.0. The van der Waals surface area contributed by atoms with E-state index in [2.05, 4.69) is 21.2 Å². The van der Waals surface area contributed by atoms with Crippen LogP contribution in [0.4, 0.5) is 5.69 Å². The molecule has 2 aliphatic rings. The summed E-state index contributed by atoms with van der Waals surface area (Å²) in [4.78, 5) is 0. The maximum absolute atomic E-state index is 6.30. The number of halogens is 3. The standard InChI is InChI=1S/C15H18BrCl2NO/c16-10-7-12(17)14(13(18)8-10)19-11-3-6-20-15(9-11)4-1-2-5-15/h7-8,11,19H,1-6,9H2. The Bertz CT molecular complexity index is 480. The molecular weight excluding hydrogens is 361 g/mol. The van der Waals surface area contributed by atoms with Gasteiger partial charge in [-0.15, -0.1) is 0 Å². The van der Waals surface area contributed by atoms with Crippen molar-refractivity contribution in [2.75, 3.05) is 11.9 Å². The van der Waals surface area contributed by atoms with Gasteiger partial charge >= 0.3 is 0 Å². The molecule has 110 valence electrons. The Labute approximate surface area is 138 Å². The Morgan fingerprint density at radius 3 is 2.50 bits per heavy atom. The quantitative estimate of drug-likeness (QED) is 0.716. The van der Waals surface area contributed by atoms with Crippen LogP contribution in [0.2, 0.25) is 10.0 Å². The zero-order valence-corrected chi connectivity index (χ0v) is 14.3. The predicted molar refractivity (Wildman–Crippen MR) is 88.0 cm³/mol. The van der Waals surface area contributed by atoms with E-state index in [1.807, 2.05) is 12.1 Å². The van der Waals surface area contributed by atoms with E-state index >= 15 is 0 Å². The molecule has 2 nitrogen and oxygen atoms in total. The van der Waals surface area contributed by atoms with Gasteiger partial charge in [-0.3, -0.25) is 0 Å². The molecule has 1 N–H and O–H groups in total. The van der Waals surface area contributed by atoms with Crippen LogP contribution in [0, 0.1) is 0 Å². The molecule has 3 rings (SSSR count). The molecule has 1 atom stereocenters. The van der Waals surface area contributed by atoms with Crippen LogP contribution < -0.4 is 5.32 Å². The summed E-state index contributed by atoms with van der Waals surface area (Å²) in [5, 5.41) is 4.86. The van der Waals surface area contributed by atoms with Crippen LogP contribution in [0.15, 0.2) is 16.6 Å². The average molecular weight is 379 g/mol. The maximum Gasteiger partial charge on any atom is 0.0721 e. The molecule has 1 aromatic carbocycles. The molecular formula is C15H18BrCl2NO. The number of hydrogen-bond acceptors (Lipinski definition) is 2. The number of ether oxygens (including phenoxy) is 1. The minimum absolute atomic E-state index is 0.101. The van der Waals surface area contributed by atoms with Gasteiger partial charge in [-0.05, 0) is 37.8 Å². The van der Waals surface area contributed by atoms with Crippen LogP contribution in [0.25, 0.3) is 0 Å². The lowest BCUT2D eigenvalue weighted by Gasteiger charge is -2.39. The number of rotatable bonds is 2. The van der Waals surface area contributed by atoms with Crippen molar-refractivity contribution in [2.45, 2.75) is 50.2 Å². The lowest BCUT2D eigenvalue weighted by atomic mass is 9.89. The SMILES string of the molecule is Clc1cc(Br)cc(Cl)c1NC1CCOC2(CCCC2)C1. The second-order valence-corrected chi connectivity index (χ2v) is 7.55. The molecule has 1 heterocycles.